The lowest BCUT2D eigenvalue weighted by Crippen LogP contribution is -2.54. The van der Waals surface area contributed by atoms with Gasteiger partial charge in [0.15, 0.2) is 11.8 Å². The van der Waals surface area contributed by atoms with Crippen molar-refractivity contribution in [2.75, 3.05) is 0 Å². The Morgan fingerprint density at radius 1 is 0.964 bits per heavy atom. The van der Waals surface area contributed by atoms with Crippen LogP contribution in [0.2, 0.25) is 0 Å². The minimum Gasteiger partial charge on any atom is -0.481 e. The average molecular weight is 397 g/mol. The molecule has 0 amide bonds. The summed E-state index contributed by atoms with van der Waals surface area (Å²) in [5.41, 5.74) is -2.85. The average Bonchev–Trinajstić information content (AvgIpc) is 2.58. The first-order valence-corrected chi connectivity index (χ1v) is 8.14. The van der Waals surface area contributed by atoms with E-state index in [1.54, 1.807) is 0 Å². The third-order valence-electron chi connectivity index (χ3n) is 4.79. The zero-order valence-corrected chi connectivity index (χ0v) is 15.0. The van der Waals surface area contributed by atoms with Gasteiger partial charge in [-0.3, -0.25) is 29.3 Å². The number of carboxylic acids is 4. The van der Waals surface area contributed by atoms with Gasteiger partial charge in [-0.15, -0.1) is 0 Å². The fourth-order valence-corrected chi connectivity index (χ4v) is 3.61. The van der Waals surface area contributed by atoms with E-state index in [-0.39, 0.29) is 23.2 Å². The molecule has 0 aliphatic heterocycles. The number of carbonyl (C=O) groups is 4. The quantitative estimate of drug-likeness (QED) is 0.254. The van der Waals surface area contributed by atoms with Crippen LogP contribution in [0.25, 0.3) is 0 Å². The Kier molecular flexibility index (Phi) is 6.81. The van der Waals surface area contributed by atoms with E-state index in [0.717, 1.165) is 18.2 Å². The molecule has 0 unspecified atom stereocenters. The first-order valence-electron chi connectivity index (χ1n) is 8.14. The highest BCUT2D eigenvalue weighted by molar-refractivity contribution is 6.01. The van der Waals surface area contributed by atoms with Crippen molar-refractivity contribution in [1.29, 1.82) is 0 Å². The Labute approximate surface area is 158 Å². The predicted molar refractivity (Wildman–Crippen MR) is 92.0 cm³/mol. The number of hydrogen-bond donors (Lipinski definition) is 4. The molecule has 0 fully saturated rings. The summed E-state index contributed by atoms with van der Waals surface area (Å²) in [7, 11) is 0. The highest BCUT2D eigenvalue weighted by Gasteiger charge is 2.59. The Bertz CT molecular complexity index is 771. The van der Waals surface area contributed by atoms with E-state index < -0.39 is 52.5 Å². The van der Waals surface area contributed by atoms with Crippen LogP contribution in [-0.2, 0) is 31.0 Å². The summed E-state index contributed by atoms with van der Waals surface area (Å²) in [6.07, 6.45) is -0.416. The maximum Gasteiger partial charge on any atom is 0.318 e. The molecule has 11 heteroatoms. The molecule has 1 aromatic rings. The monoisotopic (exact) mass is 397 g/mol. The number of hydrogen-bond acceptors (Lipinski definition) is 6. The minimum atomic E-state index is -2.42. The van der Waals surface area contributed by atoms with Gasteiger partial charge in [-0.05, 0) is 24.0 Å². The van der Waals surface area contributed by atoms with Crippen molar-refractivity contribution in [2.24, 2.45) is 11.8 Å². The Morgan fingerprint density at radius 2 is 1.39 bits per heavy atom. The smallest absolute Gasteiger partial charge is 0.318 e. The van der Waals surface area contributed by atoms with Gasteiger partial charge < -0.3 is 20.4 Å². The van der Waals surface area contributed by atoms with Gasteiger partial charge in [0, 0.05) is 17.5 Å². The van der Waals surface area contributed by atoms with E-state index in [1.807, 2.05) is 0 Å². The van der Waals surface area contributed by atoms with Crippen LogP contribution < -0.4 is 0 Å². The fourth-order valence-electron chi connectivity index (χ4n) is 3.61. The first-order chi connectivity index (χ1) is 12.9. The third kappa shape index (κ3) is 3.77. The summed E-state index contributed by atoms with van der Waals surface area (Å²) in [5, 5.41) is 49.1. The van der Waals surface area contributed by atoms with Gasteiger partial charge in [0.25, 0.3) is 5.69 Å². The van der Waals surface area contributed by atoms with Crippen molar-refractivity contribution >= 4 is 29.6 Å². The number of carboxylic acid groups (broad SMARTS) is 4. The summed E-state index contributed by atoms with van der Waals surface area (Å²) in [5.74, 6) is -12.5. The molecule has 0 spiro atoms. The van der Waals surface area contributed by atoms with Gasteiger partial charge in [-0.1, -0.05) is 19.9 Å². The predicted octanol–water partition coefficient (Wildman–Crippen LogP) is 1.38. The summed E-state index contributed by atoms with van der Waals surface area (Å²) >= 11 is 0. The zero-order valence-electron chi connectivity index (χ0n) is 15.0. The molecule has 1 aromatic carbocycles. The zero-order chi connectivity index (χ0) is 21.8. The van der Waals surface area contributed by atoms with Gasteiger partial charge in [-0.25, -0.2) is 0 Å². The minimum absolute atomic E-state index is 0.0523. The summed E-state index contributed by atoms with van der Waals surface area (Å²) in [4.78, 5) is 57.4. The van der Waals surface area contributed by atoms with Crippen LogP contribution in [0, 0.1) is 22.0 Å². The van der Waals surface area contributed by atoms with Crippen LogP contribution in [0.15, 0.2) is 18.2 Å². The van der Waals surface area contributed by atoms with Crippen LogP contribution in [-0.4, -0.2) is 49.2 Å². The van der Waals surface area contributed by atoms with Gasteiger partial charge in [0.05, 0.1) is 4.92 Å². The molecule has 0 atom stereocenters. The van der Waals surface area contributed by atoms with Gasteiger partial charge in [0.1, 0.15) is 0 Å². The Morgan fingerprint density at radius 3 is 1.68 bits per heavy atom. The van der Waals surface area contributed by atoms with Crippen molar-refractivity contribution in [3.8, 4) is 0 Å². The number of benzene rings is 1. The van der Waals surface area contributed by atoms with Crippen LogP contribution in [0.5, 0.6) is 0 Å². The number of aliphatic carboxylic acids is 4. The number of nitro groups is 1. The molecule has 0 aliphatic rings. The van der Waals surface area contributed by atoms with Crippen molar-refractivity contribution in [3.05, 3.63) is 39.4 Å². The van der Waals surface area contributed by atoms with E-state index >= 15 is 0 Å². The molecular formula is C17H19NO10. The van der Waals surface area contributed by atoms with Crippen LogP contribution in [0.1, 0.15) is 31.4 Å². The molecule has 1 rings (SSSR count). The molecule has 152 valence electrons. The van der Waals surface area contributed by atoms with Crippen molar-refractivity contribution in [3.63, 3.8) is 0 Å². The van der Waals surface area contributed by atoms with Gasteiger partial charge in [0.2, 0.25) is 0 Å². The molecule has 11 nitrogen and oxygen atoms in total. The molecule has 0 aliphatic carbocycles. The van der Waals surface area contributed by atoms with E-state index in [0.29, 0.717) is 0 Å². The normalized spacial score (nSPS) is 11.4. The highest BCUT2D eigenvalue weighted by Crippen LogP contribution is 2.46. The standard InChI is InChI=1S/C17H19NO10/c1-3-8-7-9(18(27)28)5-6-10(8)17(4-2,11(13(19)20)14(21)22)12(15(23)24)16(25)26/h5-7,11-12H,3-4H2,1-2H3,(H,19,20)(H,21,22)(H,23,24)(H,25,26). The SMILES string of the molecule is CCc1cc([N+](=O)[O-])ccc1C(CC)(C(C(=O)O)C(=O)O)C(C(=O)O)C(=O)O. The molecule has 4 N–H and O–H groups in total. The van der Waals surface area contributed by atoms with Crippen LogP contribution >= 0.6 is 0 Å². The van der Waals surface area contributed by atoms with E-state index in [1.165, 1.54) is 13.8 Å². The van der Waals surface area contributed by atoms with Crippen LogP contribution in [0.3, 0.4) is 0 Å². The molecule has 0 bridgehead atoms. The lowest BCUT2D eigenvalue weighted by Gasteiger charge is -2.40. The molecule has 0 aromatic heterocycles. The summed E-state index contributed by atoms with van der Waals surface area (Å²) < 4.78 is 0. The van der Waals surface area contributed by atoms with Crippen LogP contribution in [0.4, 0.5) is 5.69 Å². The number of aryl methyl sites for hydroxylation is 1. The van der Waals surface area contributed by atoms with E-state index in [4.69, 9.17) is 0 Å². The fraction of sp³-hybridized carbons (Fsp3) is 0.412. The summed E-state index contributed by atoms with van der Waals surface area (Å²) in [6, 6.07) is 3.06. The number of nitrogens with zero attached hydrogens (tertiary/aromatic N) is 1. The lowest BCUT2D eigenvalue weighted by atomic mass is 9.59. The molecule has 0 radical (unpaired) electrons. The van der Waals surface area contributed by atoms with E-state index in [2.05, 4.69) is 0 Å². The van der Waals surface area contributed by atoms with Gasteiger partial charge in [-0.2, -0.15) is 0 Å². The van der Waals surface area contributed by atoms with Crippen molar-refractivity contribution < 1.29 is 44.5 Å². The highest BCUT2D eigenvalue weighted by atomic mass is 16.6. The first kappa shape index (κ1) is 22.5. The number of nitro benzene ring substituents is 1. The molecule has 0 saturated heterocycles. The van der Waals surface area contributed by atoms with Crippen molar-refractivity contribution in [2.45, 2.75) is 32.1 Å². The topological polar surface area (TPSA) is 192 Å². The summed E-state index contributed by atoms with van der Waals surface area (Å²) in [6.45, 7) is 2.81. The molecule has 28 heavy (non-hydrogen) atoms. The number of rotatable bonds is 10. The van der Waals surface area contributed by atoms with E-state index in [9.17, 15) is 49.7 Å². The third-order valence-corrected chi connectivity index (χ3v) is 4.79. The maximum absolute atomic E-state index is 11.8. The van der Waals surface area contributed by atoms with Crippen molar-refractivity contribution in [1.82, 2.24) is 0 Å². The van der Waals surface area contributed by atoms with Gasteiger partial charge >= 0.3 is 23.9 Å². The Balaban J connectivity index is 4.09. The number of non-ortho nitro benzene ring substituents is 1. The second kappa shape index (κ2) is 8.46. The molecule has 0 saturated carbocycles. The largest absolute Gasteiger partial charge is 0.481 e. The second-order valence-corrected chi connectivity index (χ2v) is 6.07. The molecule has 0 heterocycles. The maximum atomic E-state index is 11.8. The second-order valence-electron chi connectivity index (χ2n) is 6.07. The lowest BCUT2D eigenvalue weighted by molar-refractivity contribution is -0.384. The molecular weight excluding hydrogens is 378 g/mol. The Hall–Kier alpha value is -3.50.